The smallest absolute Gasteiger partial charge is 0.330 e. The third-order valence-corrected chi connectivity index (χ3v) is 7.40. The molecule has 0 aliphatic heterocycles. The van der Waals surface area contributed by atoms with Crippen LogP contribution in [0.1, 0.15) is 43.2 Å². The average molecular weight is 526 g/mol. The van der Waals surface area contributed by atoms with Crippen LogP contribution in [0, 0.1) is 11.7 Å². The molecule has 0 atom stereocenters. The molecule has 0 saturated heterocycles. The Hall–Kier alpha value is -4.26. The number of nitrogens with zero attached hydrogens (tertiary/aromatic N) is 3. The zero-order chi connectivity index (χ0) is 27.4. The minimum atomic E-state index is -0.529. The first kappa shape index (κ1) is 26.4. The van der Waals surface area contributed by atoms with E-state index in [4.69, 9.17) is 0 Å². The highest BCUT2D eigenvalue weighted by Gasteiger charge is 2.27. The number of hydrogen-bond donors (Lipinski definition) is 0. The number of rotatable bonds is 7. The van der Waals surface area contributed by atoms with Crippen molar-refractivity contribution >= 4 is 34.7 Å². The van der Waals surface area contributed by atoms with Crippen molar-refractivity contribution in [3.8, 4) is 11.1 Å². The Labute approximate surface area is 227 Å². The van der Waals surface area contributed by atoms with Gasteiger partial charge in [-0.2, -0.15) is 0 Å². The molecule has 1 amide bonds. The van der Waals surface area contributed by atoms with Crippen LogP contribution in [0.15, 0.2) is 73.1 Å². The van der Waals surface area contributed by atoms with Gasteiger partial charge in [0, 0.05) is 24.7 Å². The molecule has 0 spiro atoms. The topological polar surface area (TPSA) is 64.4 Å². The SMILES string of the molecule is COC(=O)/C=C/c1cc(F)cc(N(Cc2ccc(-c3ccc4c(c3)ncn4C)cc2)C(=O)C2CCCCC2)c1. The number of aryl methyl sites for hydroxylation is 1. The number of carbonyl (C=O) groups excluding carboxylic acids is 2. The normalized spacial score (nSPS) is 14.1. The molecule has 4 aromatic rings. The molecule has 0 N–H and O–H groups in total. The van der Waals surface area contributed by atoms with E-state index in [1.165, 1.54) is 31.4 Å². The Morgan fingerprint density at radius 3 is 2.51 bits per heavy atom. The van der Waals surface area contributed by atoms with Gasteiger partial charge in [0.2, 0.25) is 5.91 Å². The van der Waals surface area contributed by atoms with Crippen LogP contribution < -0.4 is 4.90 Å². The van der Waals surface area contributed by atoms with Crippen molar-refractivity contribution in [3.05, 3.63) is 90.0 Å². The number of amides is 1. The van der Waals surface area contributed by atoms with E-state index in [2.05, 4.69) is 27.9 Å². The van der Waals surface area contributed by atoms with E-state index in [1.807, 2.05) is 35.9 Å². The number of esters is 1. The highest BCUT2D eigenvalue weighted by molar-refractivity contribution is 5.95. The number of aromatic nitrogens is 2. The molecule has 1 fully saturated rings. The number of carbonyl (C=O) groups is 2. The van der Waals surface area contributed by atoms with Gasteiger partial charge in [0.1, 0.15) is 5.82 Å². The van der Waals surface area contributed by atoms with E-state index in [-0.39, 0.29) is 11.8 Å². The van der Waals surface area contributed by atoms with Gasteiger partial charge in [0.25, 0.3) is 0 Å². The highest BCUT2D eigenvalue weighted by atomic mass is 19.1. The van der Waals surface area contributed by atoms with E-state index in [1.54, 1.807) is 17.3 Å². The van der Waals surface area contributed by atoms with Crippen molar-refractivity contribution in [2.24, 2.45) is 13.0 Å². The van der Waals surface area contributed by atoms with E-state index in [9.17, 15) is 14.0 Å². The predicted molar refractivity (Wildman–Crippen MR) is 151 cm³/mol. The van der Waals surface area contributed by atoms with Gasteiger partial charge in [-0.15, -0.1) is 0 Å². The lowest BCUT2D eigenvalue weighted by Crippen LogP contribution is -2.36. The number of imidazole rings is 1. The fraction of sp³-hybridized carbons (Fsp3) is 0.281. The number of halogens is 1. The summed E-state index contributed by atoms with van der Waals surface area (Å²) >= 11 is 0. The van der Waals surface area contributed by atoms with Crippen molar-refractivity contribution in [3.63, 3.8) is 0 Å². The largest absolute Gasteiger partial charge is 0.466 e. The van der Waals surface area contributed by atoms with Gasteiger partial charge in [-0.3, -0.25) is 4.79 Å². The molecular formula is C32H32FN3O3. The second kappa shape index (κ2) is 11.6. The number of benzene rings is 3. The molecule has 1 aliphatic rings. The first-order valence-corrected chi connectivity index (χ1v) is 13.3. The summed E-state index contributed by atoms with van der Waals surface area (Å²) in [4.78, 5) is 31.5. The third-order valence-electron chi connectivity index (χ3n) is 7.40. The van der Waals surface area contributed by atoms with Gasteiger partial charge in [0.15, 0.2) is 0 Å². The summed E-state index contributed by atoms with van der Waals surface area (Å²) in [7, 11) is 3.26. The summed E-state index contributed by atoms with van der Waals surface area (Å²) in [5.74, 6) is -1.08. The molecular weight excluding hydrogens is 493 g/mol. The number of hydrogen-bond acceptors (Lipinski definition) is 4. The zero-order valence-corrected chi connectivity index (χ0v) is 22.3. The van der Waals surface area contributed by atoms with Gasteiger partial charge in [-0.1, -0.05) is 49.6 Å². The van der Waals surface area contributed by atoms with Crippen LogP contribution in [0.4, 0.5) is 10.1 Å². The summed E-state index contributed by atoms with van der Waals surface area (Å²) in [5, 5.41) is 0. The molecule has 39 heavy (non-hydrogen) atoms. The van der Waals surface area contributed by atoms with Crippen molar-refractivity contribution < 1.29 is 18.7 Å². The van der Waals surface area contributed by atoms with Crippen LogP contribution in [-0.2, 0) is 27.9 Å². The van der Waals surface area contributed by atoms with Crippen LogP contribution in [-0.4, -0.2) is 28.5 Å². The Kier molecular flexibility index (Phi) is 7.87. The number of anilines is 1. The molecule has 200 valence electrons. The van der Waals surface area contributed by atoms with Gasteiger partial charge in [-0.25, -0.2) is 14.2 Å². The Bertz CT molecular complexity index is 1520. The molecule has 0 radical (unpaired) electrons. The zero-order valence-electron chi connectivity index (χ0n) is 22.3. The molecule has 7 heteroatoms. The molecule has 1 aromatic heterocycles. The Balaban J connectivity index is 1.44. The molecule has 6 nitrogen and oxygen atoms in total. The van der Waals surface area contributed by atoms with Crippen LogP contribution >= 0.6 is 0 Å². The van der Waals surface area contributed by atoms with E-state index < -0.39 is 11.8 Å². The average Bonchev–Trinajstić information content (AvgIpc) is 3.34. The van der Waals surface area contributed by atoms with Crippen molar-refractivity contribution in [1.29, 1.82) is 0 Å². The van der Waals surface area contributed by atoms with Crippen LogP contribution in [0.3, 0.4) is 0 Å². The summed E-state index contributed by atoms with van der Waals surface area (Å²) in [6, 6.07) is 18.8. The fourth-order valence-electron chi connectivity index (χ4n) is 5.25. The maximum atomic E-state index is 14.7. The maximum Gasteiger partial charge on any atom is 0.330 e. The first-order valence-electron chi connectivity index (χ1n) is 13.3. The third kappa shape index (κ3) is 6.08. The van der Waals surface area contributed by atoms with Crippen LogP contribution in [0.5, 0.6) is 0 Å². The standard InChI is InChI=1S/C32H32FN3O3/c1-35-21-34-29-18-26(13-14-30(29)35)24-11-8-22(9-12-24)20-36(32(38)25-6-4-3-5-7-25)28-17-23(16-27(33)19-28)10-15-31(37)39-2/h8-19,21,25H,3-7,20H2,1-2H3/b15-10+. The second-order valence-electron chi connectivity index (χ2n) is 10.1. The van der Waals surface area contributed by atoms with E-state index in [0.29, 0.717) is 17.8 Å². The number of ether oxygens (including phenoxy) is 1. The predicted octanol–water partition coefficient (Wildman–Crippen LogP) is 6.68. The summed E-state index contributed by atoms with van der Waals surface area (Å²) in [6.07, 6.45) is 9.41. The molecule has 0 unspecified atom stereocenters. The monoisotopic (exact) mass is 525 g/mol. The molecule has 5 rings (SSSR count). The molecule has 3 aromatic carbocycles. The summed E-state index contributed by atoms with van der Waals surface area (Å²) in [6.45, 7) is 0.318. The van der Waals surface area contributed by atoms with Crippen molar-refractivity contribution in [1.82, 2.24) is 9.55 Å². The quantitative estimate of drug-likeness (QED) is 0.199. The molecule has 1 heterocycles. The summed E-state index contributed by atoms with van der Waals surface area (Å²) in [5.41, 5.74) is 6.02. The minimum Gasteiger partial charge on any atom is -0.466 e. The van der Waals surface area contributed by atoms with Crippen LogP contribution in [0.25, 0.3) is 28.2 Å². The molecule has 1 saturated carbocycles. The minimum absolute atomic E-state index is 0.00729. The highest BCUT2D eigenvalue weighted by Crippen LogP contribution is 2.31. The van der Waals surface area contributed by atoms with Gasteiger partial charge in [-0.05, 0) is 71.5 Å². The Morgan fingerprint density at radius 1 is 1.03 bits per heavy atom. The van der Waals surface area contributed by atoms with Gasteiger partial charge in [0.05, 0.1) is 31.0 Å². The maximum absolute atomic E-state index is 14.7. The van der Waals surface area contributed by atoms with Gasteiger partial charge < -0.3 is 14.2 Å². The lowest BCUT2D eigenvalue weighted by molar-refractivity contribution is -0.134. The molecule has 1 aliphatic carbocycles. The lowest BCUT2D eigenvalue weighted by Gasteiger charge is -2.30. The Morgan fingerprint density at radius 2 is 1.77 bits per heavy atom. The molecule has 0 bridgehead atoms. The lowest BCUT2D eigenvalue weighted by atomic mass is 9.88. The fourth-order valence-corrected chi connectivity index (χ4v) is 5.25. The van der Waals surface area contributed by atoms with Crippen molar-refractivity contribution in [2.45, 2.75) is 38.6 Å². The van der Waals surface area contributed by atoms with Crippen LogP contribution in [0.2, 0.25) is 0 Å². The first-order chi connectivity index (χ1) is 18.9. The second-order valence-corrected chi connectivity index (χ2v) is 10.1. The van der Waals surface area contributed by atoms with Gasteiger partial charge >= 0.3 is 5.97 Å². The van der Waals surface area contributed by atoms with E-state index in [0.717, 1.165) is 59.8 Å². The summed E-state index contributed by atoms with van der Waals surface area (Å²) < 4.78 is 21.3. The van der Waals surface area contributed by atoms with Crippen molar-refractivity contribution in [2.75, 3.05) is 12.0 Å². The number of fused-ring (bicyclic) bond motifs is 1. The number of methoxy groups -OCH3 is 1. The van der Waals surface area contributed by atoms with E-state index >= 15 is 0 Å².